The molecule has 0 aromatic heterocycles. The van der Waals surface area contributed by atoms with E-state index in [9.17, 15) is 4.79 Å². The Kier molecular flexibility index (Phi) is 1.75. The van der Waals surface area contributed by atoms with E-state index in [0.717, 1.165) is 25.0 Å². The van der Waals surface area contributed by atoms with Crippen LogP contribution in [0, 0.1) is 5.92 Å². The van der Waals surface area contributed by atoms with Crippen molar-refractivity contribution >= 4 is 5.91 Å². The second-order valence-electron chi connectivity index (χ2n) is 3.53. The number of carbonyl (C=O) groups excluding carboxylic acids is 1. The molecule has 0 bridgehead atoms. The van der Waals surface area contributed by atoms with Gasteiger partial charge in [0.15, 0.2) is 0 Å². The molecular formula is C10H13NO. The molecule has 0 spiro atoms. The first-order chi connectivity index (χ1) is 5.77. The van der Waals surface area contributed by atoms with Crippen LogP contribution in [0.25, 0.3) is 0 Å². The van der Waals surface area contributed by atoms with Gasteiger partial charge in [-0.1, -0.05) is 19.1 Å². The maximum atomic E-state index is 11.3. The Morgan fingerprint density at radius 3 is 3.25 bits per heavy atom. The van der Waals surface area contributed by atoms with E-state index in [1.54, 1.807) is 0 Å². The predicted octanol–water partition coefficient (Wildman–Crippen LogP) is 1.40. The molecule has 12 heavy (non-hydrogen) atoms. The van der Waals surface area contributed by atoms with Crippen LogP contribution in [0.15, 0.2) is 23.3 Å². The van der Waals surface area contributed by atoms with Crippen LogP contribution in [0.3, 0.4) is 0 Å². The zero-order valence-corrected chi connectivity index (χ0v) is 7.26. The predicted molar refractivity (Wildman–Crippen MR) is 47.6 cm³/mol. The number of amides is 1. The van der Waals surface area contributed by atoms with Crippen molar-refractivity contribution in [1.29, 1.82) is 0 Å². The van der Waals surface area contributed by atoms with Gasteiger partial charge in [-0.05, 0) is 24.3 Å². The van der Waals surface area contributed by atoms with Crippen LogP contribution < -0.4 is 5.32 Å². The van der Waals surface area contributed by atoms with Gasteiger partial charge in [-0.25, -0.2) is 0 Å². The highest BCUT2D eigenvalue weighted by Crippen LogP contribution is 2.26. The van der Waals surface area contributed by atoms with Crippen molar-refractivity contribution in [2.24, 2.45) is 5.92 Å². The number of hydrogen-bond acceptors (Lipinski definition) is 1. The minimum absolute atomic E-state index is 0.111. The van der Waals surface area contributed by atoms with Gasteiger partial charge in [-0.3, -0.25) is 4.79 Å². The third kappa shape index (κ3) is 1.17. The van der Waals surface area contributed by atoms with Crippen LogP contribution in [0.5, 0.6) is 0 Å². The molecule has 0 saturated carbocycles. The van der Waals surface area contributed by atoms with Crippen LogP contribution in [0.4, 0.5) is 0 Å². The number of fused-ring (bicyclic) bond motifs is 1. The van der Waals surface area contributed by atoms with Gasteiger partial charge in [0.2, 0.25) is 0 Å². The summed E-state index contributed by atoms with van der Waals surface area (Å²) < 4.78 is 0. The van der Waals surface area contributed by atoms with Gasteiger partial charge in [0.1, 0.15) is 0 Å². The second kappa shape index (κ2) is 2.77. The number of piperidine rings is 1. The van der Waals surface area contributed by atoms with Crippen molar-refractivity contribution < 1.29 is 4.79 Å². The summed E-state index contributed by atoms with van der Waals surface area (Å²) in [6, 6.07) is 0. The Hall–Kier alpha value is -1.05. The number of rotatable bonds is 0. The highest BCUT2D eigenvalue weighted by atomic mass is 16.1. The van der Waals surface area contributed by atoms with Gasteiger partial charge in [0.25, 0.3) is 5.91 Å². The molecule has 0 unspecified atom stereocenters. The fraction of sp³-hybridized carbons (Fsp3) is 0.500. The fourth-order valence-corrected chi connectivity index (χ4v) is 1.80. The first kappa shape index (κ1) is 7.59. The SMILES string of the molecule is C[C@@H]1C=C2CCNC(=O)C2=CC1. The summed E-state index contributed by atoms with van der Waals surface area (Å²) in [5.74, 6) is 0.717. The Labute approximate surface area is 72.3 Å². The maximum absolute atomic E-state index is 11.3. The molecule has 0 radical (unpaired) electrons. The van der Waals surface area contributed by atoms with Crippen molar-refractivity contribution in [3.63, 3.8) is 0 Å². The molecule has 1 atom stereocenters. The highest BCUT2D eigenvalue weighted by Gasteiger charge is 2.22. The summed E-state index contributed by atoms with van der Waals surface area (Å²) in [5.41, 5.74) is 2.16. The molecule has 1 saturated heterocycles. The van der Waals surface area contributed by atoms with Crippen LogP contribution in [-0.4, -0.2) is 12.5 Å². The summed E-state index contributed by atoms with van der Waals surface area (Å²) in [6.07, 6.45) is 6.30. The molecule has 2 nitrogen and oxygen atoms in total. The zero-order valence-electron chi connectivity index (χ0n) is 7.26. The van der Waals surface area contributed by atoms with Gasteiger partial charge in [-0.15, -0.1) is 0 Å². The average Bonchev–Trinajstić information content (AvgIpc) is 2.04. The van der Waals surface area contributed by atoms with Gasteiger partial charge < -0.3 is 5.32 Å². The van der Waals surface area contributed by atoms with Crippen molar-refractivity contribution in [1.82, 2.24) is 5.32 Å². The lowest BCUT2D eigenvalue weighted by Crippen LogP contribution is -2.33. The van der Waals surface area contributed by atoms with E-state index >= 15 is 0 Å². The summed E-state index contributed by atoms with van der Waals surface area (Å²) >= 11 is 0. The Balaban J connectivity index is 2.30. The van der Waals surface area contributed by atoms with Crippen molar-refractivity contribution in [2.45, 2.75) is 19.8 Å². The van der Waals surface area contributed by atoms with E-state index in [-0.39, 0.29) is 5.91 Å². The van der Waals surface area contributed by atoms with Crippen LogP contribution in [-0.2, 0) is 4.79 Å². The Bertz CT molecular complexity index is 276. The van der Waals surface area contributed by atoms with Gasteiger partial charge in [-0.2, -0.15) is 0 Å². The zero-order chi connectivity index (χ0) is 8.55. The quantitative estimate of drug-likeness (QED) is 0.574. The second-order valence-corrected chi connectivity index (χ2v) is 3.53. The number of allylic oxidation sites excluding steroid dienone is 2. The Morgan fingerprint density at radius 1 is 1.58 bits per heavy atom. The minimum Gasteiger partial charge on any atom is -0.352 e. The van der Waals surface area contributed by atoms with Crippen LogP contribution in [0.1, 0.15) is 19.8 Å². The monoisotopic (exact) mass is 163 g/mol. The molecule has 1 aliphatic carbocycles. The standard InChI is InChI=1S/C10H13NO/c1-7-2-3-9-8(6-7)4-5-11-10(9)12/h3,6-7H,2,4-5H2,1H3,(H,11,12)/t7-/m0/s1. The lowest BCUT2D eigenvalue weighted by Gasteiger charge is -2.23. The number of nitrogens with one attached hydrogen (secondary N) is 1. The molecule has 1 amide bonds. The van der Waals surface area contributed by atoms with E-state index in [2.05, 4.69) is 24.4 Å². The molecule has 1 aliphatic heterocycles. The topological polar surface area (TPSA) is 29.1 Å². The molecule has 1 heterocycles. The third-order valence-electron chi connectivity index (χ3n) is 2.45. The lowest BCUT2D eigenvalue weighted by atomic mass is 9.87. The largest absolute Gasteiger partial charge is 0.352 e. The van der Waals surface area contributed by atoms with E-state index in [1.807, 2.05) is 0 Å². The number of hydrogen-bond donors (Lipinski definition) is 1. The van der Waals surface area contributed by atoms with E-state index < -0.39 is 0 Å². The first-order valence-corrected chi connectivity index (χ1v) is 4.47. The van der Waals surface area contributed by atoms with Gasteiger partial charge >= 0.3 is 0 Å². The van der Waals surface area contributed by atoms with E-state index in [4.69, 9.17) is 0 Å². The highest BCUT2D eigenvalue weighted by molar-refractivity contribution is 5.99. The normalized spacial score (nSPS) is 28.4. The fourth-order valence-electron chi connectivity index (χ4n) is 1.80. The summed E-state index contributed by atoms with van der Waals surface area (Å²) in [5, 5.41) is 2.85. The molecule has 1 N–H and O–H groups in total. The molecule has 2 heteroatoms. The van der Waals surface area contributed by atoms with Crippen LogP contribution in [0.2, 0.25) is 0 Å². The molecule has 2 aliphatic rings. The maximum Gasteiger partial charge on any atom is 0.251 e. The average molecular weight is 163 g/mol. The van der Waals surface area contributed by atoms with Gasteiger partial charge in [0, 0.05) is 12.1 Å². The molecular weight excluding hydrogens is 150 g/mol. The molecule has 2 rings (SSSR count). The Morgan fingerprint density at radius 2 is 2.42 bits per heavy atom. The van der Waals surface area contributed by atoms with Crippen molar-refractivity contribution in [3.05, 3.63) is 23.3 Å². The van der Waals surface area contributed by atoms with E-state index in [1.165, 1.54) is 5.57 Å². The third-order valence-corrected chi connectivity index (χ3v) is 2.45. The molecule has 64 valence electrons. The lowest BCUT2D eigenvalue weighted by molar-refractivity contribution is -0.117. The van der Waals surface area contributed by atoms with Gasteiger partial charge in [0.05, 0.1) is 0 Å². The molecule has 0 aromatic carbocycles. The van der Waals surface area contributed by atoms with Crippen LogP contribution >= 0.6 is 0 Å². The van der Waals surface area contributed by atoms with Crippen molar-refractivity contribution in [3.8, 4) is 0 Å². The summed E-state index contributed by atoms with van der Waals surface area (Å²) in [7, 11) is 0. The summed E-state index contributed by atoms with van der Waals surface area (Å²) in [4.78, 5) is 11.3. The number of carbonyl (C=O) groups is 1. The molecule has 0 aromatic rings. The van der Waals surface area contributed by atoms with E-state index in [0.29, 0.717) is 5.92 Å². The smallest absolute Gasteiger partial charge is 0.251 e. The molecule has 1 fully saturated rings. The minimum atomic E-state index is 0.111. The van der Waals surface area contributed by atoms with Crippen molar-refractivity contribution in [2.75, 3.05) is 6.54 Å². The first-order valence-electron chi connectivity index (χ1n) is 4.47. The summed E-state index contributed by atoms with van der Waals surface area (Å²) in [6.45, 7) is 2.99.